The smallest absolute Gasteiger partial charge is 0.251 e. The summed E-state index contributed by atoms with van der Waals surface area (Å²) in [4.78, 5) is 24.1. The van der Waals surface area contributed by atoms with Gasteiger partial charge in [-0.05, 0) is 45.1 Å². The first-order valence-corrected chi connectivity index (χ1v) is 8.34. The van der Waals surface area contributed by atoms with Crippen molar-refractivity contribution >= 4 is 27.5 Å². The molecular weight excluding hydrogens is 372 g/mol. The van der Waals surface area contributed by atoms with Crippen LogP contribution in [0.1, 0.15) is 26.3 Å². The van der Waals surface area contributed by atoms with Gasteiger partial charge in [0.2, 0.25) is 5.91 Å². The van der Waals surface area contributed by atoms with E-state index < -0.39 is 0 Å². The normalized spacial score (nSPS) is 11.2. The van der Waals surface area contributed by atoms with Crippen molar-refractivity contribution < 1.29 is 9.53 Å². The minimum absolute atomic E-state index is 0.0486. The van der Waals surface area contributed by atoms with Crippen LogP contribution in [0.4, 0.5) is 5.69 Å². The van der Waals surface area contributed by atoms with E-state index in [4.69, 9.17) is 4.74 Å². The number of benzene rings is 1. The lowest BCUT2D eigenvalue weighted by molar-refractivity contribution is -0.116. The minimum atomic E-state index is -0.292. The summed E-state index contributed by atoms with van der Waals surface area (Å²) in [5.41, 5.74) is 1.40. The topological polar surface area (TPSA) is 60.3 Å². The van der Waals surface area contributed by atoms with Gasteiger partial charge >= 0.3 is 0 Å². The van der Waals surface area contributed by atoms with Crippen molar-refractivity contribution in [1.29, 1.82) is 0 Å². The number of carbonyl (C=O) groups excluding carboxylic acids is 1. The molecule has 128 valence electrons. The zero-order valence-corrected chi connectivity index (χ0v) is 15.8. The van der Waals surface area contributed by atoms with Crippen LogP contribution in [0.5, 0.6) is 5.75 Å². The Hall–Kier alpha value is -2.08. The lowest BCUT2D eigenvalue weighted by atomic mass is 9.87. The van der Waals surface area contributed by atoms with Gasteiger partial charge in [-0.2, -0.15) is 0 Å². The van der Waals surface area contributed by atoms with Gasteiger partial charge in [-0.25, -0.2) is 0 Å². The van der Waals surface area contributed by atoms with Gasteiger partial charge in [-0.3, -0.25) is 9.59 Å². The van der Waals surface area contributed by atoms with Gasteiger partial charge < -0.3 is 14.6 Å². The van der Waals surface area contributed by atoms with Gasteiger partial charge in [0, 0.05) is 16.7 Å². The summed E-state index contributed by atoms with van der Waals surface area (Å²) < 4.78 is 7.40. The Morgan fingerprint density at radius 1 is 1.25 bits per heavy atom. The highest BCUT2D eigenvalue weighted by Gasteiger charge is 2.17. The molecule has 1 aromatic heterocycles. The molecule has 0 bridgehead atoms. The highest BCUT2D eigenvalue weighted by molar-refractivity contribution is 9.10. The quantitative estimate of drug-likeness (QED) is 0.864. The predicted molar refractivity (Wildman–Crippen MR) is 98.7 cm³/mol. The fourth-order valence-electron chi connectivity index (χ4n) is 2.24. The molecule has 0 spiro atoms. The van der Waals surface area contributed by atoms with Crippen molar-refractivity contribution in [3.8, 4) is 5.75 Å². The highest BCUT2D eigenvalue weighted by Crippen LogP contribution is 2.31. The van der Waals surface area contributed by atoms with Gasteiger partial charge in [0.1, 0.15) is 12.3 Å². The van der Waals surface area contributed by atoms with Crippen LogP contribution in [0.15, 0.2) is 45.8 Å². The Kier molecular flexibility index (Phi) is 5.49. The monoisotopic (exact) mass is 392 g/mol. The molecule has 1 amide bonds. The molecule has 1 N–H and O–H groups in total. The van der Waals surface area contributed by atoms with Crippen LogP contribution >= 0.6 is 15.9 Å². The van der Waals surface area contributed by atoms with Gasteiger partial charge in [0.25, 0.3) is 5.56 Å². The average Bonchev–Trinajstić information content (AvgIpc) is 2.50. The number of methoxy groups -OCH3 is 1. The van der Waals surface area contributed by atoms with E-state index in [1.807, 2.05) is 18.2 Å². The molecule has 0 aliphatic carbocycles. The first kappa shape index (κ1) is 18.3. The van der Waals surface area contributed by atoms with Crippen LogP contribution in [0, 0.1) is 0 Å². The third-order valence-electron chi connectivity index (χ3n) is 3.60. The van der Waals surface area contributed by atoms with Crippen LogP contribution in [-0.2, 0) is 16.8 Å². The molecule has 2 rings (SSSR count). The second-order valence-corrected chi connectivity index (χ2v) is 7.44. The molecule has 6 heteroatoms. The molecule has 1 heterocycles. The molecule has 2 aromatic rings. The van der Waals surface area contributed by atoms with Crippen molar-refractivity contribution in [3.63, 3.8) is 0 Å². The maximum absolute atomic E-state index is 12.3. The number of hydrogen-bond donors (Lipinski definition) is 1. The van der Waals surface area contributed by atoms with E-state index in [-0.39, 0.29) is 23.4 Å². The lowest BCUT2D eigenvalue weighted by Gasteiger charge is -2.21. The fourth-order valence-corrected chi connectivity index (χ4v) is 2.62. The molecule has 0 saturated heterocycles. The zero-order valence-electron chi connectivity index (χ0n) is 14.2. The van der Waals surface area contributed by atoms with E-state index in [0.29, 0.717) is 11.4 Å². The number of rotatable bonds is 4. The third kappa shape index (κ3) is 4.47. The summed E-state index contributed by atoms with van der Waals surface area (Å²) in [6.07, 6.45) is 1.59. The van der Waals surface area contributed by atoms with E-state index in [2.05, 4.69) is 42.0 Å². The number of nitrogens with one attached hydrogen (secondary N) is 1. The molecular formula is C18H21BrN2O3. The second kappa shape index (κ2) is 7.21. The summed E-state index contributed by atoms with van der Waals surface area (Å²) in [7, 11) is 1.56. The SMILES string of the molecule is COc1ccc(C(C)(C)C)cc1NC(=O)Cn1cc(Br)ccc1=O. The molecule has 0 saturated carbocycles. The third-order valence-corrected chi connectivity index (χ3v) is 4.07. The van der Waals surface area contributed by atoms with Crippen LogP contribution < -0.4 is 15.6 Å². The number of anilines is 1. The van der Waals surface area contributed by atoms with Crippen LogP contribution in [0.3, 0.4) is 0 Å². The molecule has 5 nitrogen and oxygen atoms in total. The van der Waals surface area contributed by atoms with Crippen molar-refractivity contribution in [3.05, 3.63) is 56.9 Å². The Morgan fingerprint density at radius 2 is 1.96 bits per heavy atom. The Balaban J connectivity index is 2.24. The molecule has 1 aromatic carbocycles. The number of amides is 1. The number of ether oxygens (including phenoxy) is 1. The maximum atomic E-state index is 12.3. The molecule has 0 fully saturated rings. The molecule has 0 aliphatic heterocycles. The van der Waals surface area contributed by atoms with Gasteiger partial charge in [0.15, 0.2) is 0 Å². The van der Waals surface area contributed by atoms with E-state index in [0.717, 1.165) is 10.0 Å². The number of aromatic nitrogens is 1. The summed E-state index contributed by atoms with van der Waals surface area (Å²) in [6.45, 7) is 6.23. The van der Waals surface area contributed by atoms with Crippen LogP contribution in [0.25, 0.3) is 0 Å². The van der Waals surface area contributed by atoms with Gasteiger partial charge in [0.05, 0.1) is 12.8 Å². The highest BCUT2D eigenvalue weighted by atomic mass is 79.9. The van der Waals surface area contributed by atoms with E-state index in [1.165, 1.54) is 10.6 Å². The average molecular weight is 393 g/mol. The Labute approximate surface area is 149 Å². The number of pyridine rings is 1. The summed E-state index contributed by atoms with van der Waals surface area (Å²) in [5.74, 6) is 0.289. The van der Waals surface area contributed by atoms with Crippen molar-refractivity contribution in [1.82, 2.24) is 4.57 Å². The molecule has 0 aliphatic rings. The minimum Gasteiger partial charge on any atom is -0.495 e. The van der Waals surface area contributed by atoms with Gasteiger partial charge in [-0.15, -0.1) is 0 Å². The molecule has 0 radical (unpaired) electrons. The number of halogens is 1. The van der Waals surface area contributed by atoms with Crippen LogP contribution in [-0.4, -0.2) is 17.6 Å². The van der Waals surface area contributed by atoms with Gasteiger partial charge in [-0.1, -0.05) is 26.8 Å². The molecule has 0 unspecified atom stereocenters. The standard InChI is InChI=1S/C18H21BrN2O3/c1-18(2,3)12-5-7-15(24-4)14(9-12)20-16(22)11-21-10-13(19)6-8-17(21)23/h5-10H,11H2,1-4H3,(H,20,22). The van der Waals surface area contributed by atoms with Crippen molar-refractivity contribution in [2.45, 2.75) is 32.7 Å². The van der Waals surface area contributed by atoms with E-state index in [9.17, 15) is 9.59 Å². The number of carbonyl (C=O) groups is 1. The van der Waals surface area contributed by atoms with E-state index >= 15 is 0 Å². The molecule has 24 heavy (non-hydrogen) atoms. The lowest BCUT2D eigenvalue weighted by Crippen LogP contribution is -2.27. The van der Waals surface area contributed by atoms with Crippen molar-refractivity contribution in [2.24, 2.45) is 0 Å². The fraction of sp³-hybridized carbons (Fsp3) is 0.333. The van der Waals surface area contributed by atoms with E-state index in [1.54, 1.807) is 19.4 Å². The van der Waals surface area contributed by atoms with Crippen molar-refractivity contribution in [2.75, 3.05) is 12.4 Å². The first-order chi connectivity index (χ1) is 11.2. The summed E-state index contributed by atoms with van der Waals surface area (Å²) in [6, 6.07) is 8.78. The number of hydrogen-bond acceptors (Lipinski definition) is 3. The first-order valence-electron chi connectivity index (χ1n) is 7.55. The predicted octanol–water partition coefficient (Wildman–Crippen LogP) is 3.56. The largest absolute Gasteiger partial charge is 0.495 e. The summed E-state index contributed by atoms with van der Waals surface area (Å²) in [5, 5.41) is 2.83. The summed E-state index contributed by atoms with van der Waals surface area (Å²) >= 11 is 3.30. The number of nitrogens with zero attached hydrogens (tertiary/aromatic N) is 1. The zero-order chi connectivity index (χ0) is 17.9. The molecule has 0 atom stereocenters. The van der Waals surface area contributed by atoms with Crippen LogP contribution in [0.2, 0.25) is 0 Å². The second-order valence-electron chi connectivity index (χ2n) is 6.53. The Morgan fingerprint density at radius 3 is 2.58 bits per heavy atom. The Bertz CT molecular complexity index is 807. The maximum Gasteiger partial charge on any atom is 0.251 e.